The Bertz CT molecular complexity index is 382. The van der Waals surface area contributed by atoms with E-state index in [1.807, 2.05) is 23.5 Å². The lowest BCUT2D eigenvalue weighted by molar-refractivity contribution is 0.627. The molecule has 0 heterocycles. The molecule has 0 bridgehead atoms. The molecule has 0 radical (unpaired) electrons. The summed E-state index contributed by atoms with van der Waals surface area (Å²) < 4.78 is 1.46. The van der Waals surface area contributed by atoms with Gasteiger partial charge in [0.05, 0.1) is 0 Å². The first kappa shape index (κ1) is 18.7. The van der Waals surface area contributed by atoms with E-state index in [0.29, 0.717) is 5.92 Å². The van der Waals surface area contributed by atoms with Crippen molar-refractivity contribution in [1.82, 2.24) is 0 Å². The van der Waals surface area contributed by atoms with Crippen LogP contribution >= 0.6 is 23.5 Å². The molecule has 0 aliphatic carbocycles. The number of thioether (sulfide) groups is 2. The van der Waals surface area contributed by atoms with Crippen molar-refractivity contribution in [3.63, 3.8) is 0 Å². The van der Waals surface area contributed by atoms with Gasteiger partial charge in [-0.2, -0.15) is 0 Å². The van der Waals surface area contributed by atoms with Gasteiger partial charge < -0.3 is 0 Å². The van der Waals surface area contributed by atoms with E-state index in [-0.39, 0.29) is 0 Å². The molecule has 118 valence electrons. The summed E-state index contributed by atoms with van der Waals surface area (Å²) in [7, 11) is 0. The third kappa shape index (κ3) is 10.1. The molecule has 0 atom stereocenters. The molecular formula is C19H30S2. The minimum absolute atomic E-state index is 0.619. The zero-order chi connectivity index (χ0) is 15.3. The Morgan fingerprint density at radius 1 is 1.00 bits per heavy atom. The molecule has 0 aliphatic heterocycles. The molecule has 0 spiro atoms. The maximum atomic E-state index is 2.40. The van der Waals surface area contributed by atoms with Crippen molar-refractivity contribution in [3.8, 4) is 0 Å². The van der Waals surface area contributed by atoms with Crippen molar-refractivity contribution in [1.29, 1.82) is 0 Å². The number of rotatable bonds is 11. The standard InChI is InChI=1S/C19H30S2/c1-4-5-6-7-8-12-15-20-19(16-17(2)3)21-18-13-10-9-11-14-18/h9-11,13-14,16-17H,4-8,12,15H2,1-3H3. The molecule has 0 amide bonds. The molecule has 0 saturated heterocycles. The highest BCUT2D eigenvalue weighted by atomic mass is 32.2. The van der Waals surface area contributed by atoms with Gasteiger partial charge in [-0.25, -0.2) is 0 Å². The van der Waals surface area contributed by atoms with Gasteiger partial charge in [-0.1, -0.05) is 88.9 Å². The summed E-state index contributed by atoms with van der Waals surface area (Å²) in [6.45, 7) is 6.80. The number of allylic oxidation sites excluding steroid dienone is 1. The molecule has 1 aromatic rings. The zero-order valence-electron chi connectivity index (χ0n) is 13.8. The lowest BCUT2D eigenvalue weighted by Gasteiger charge is -2.09. The van der Waals surface area contributed by atoms with Crippen molar-refractivity contribution in [3.05, 3.63) is 40.6 Å². The van der Waals surface area contributed by atoms with E-state index in [1.54, 1.807) is 0 Å². The van der Waals surface area contributed by atoms with Crippen molar-refractivity contribution in [2.45, 2.75) is 64.2 Å². The minimum Gasteiger partial charge on any atom is -0.119 e. The maximum Gasteiger partial charge on any atom is 0.0412 e. The normalized spacial score (nSPS) is 12.1. The van der Waals surface area contributed by atoms with Crippen LogP contribution < -0.4 is 0 Å². The van der Waals surface area contributed by atoms with Crippen LogP contribution in [0, 0.1) is 5.92 Å². The molecule has 0 unspecified atom stereocenters. The molecule has 0 saturated carbocycles. The van der Waals surface area contributed by atoms with Crippen molar-refractivity contribution < 1.29 is 0 Å². The van der Waals surface area contributed by atoms with E-state index < -0.39 is 0 Å². The molecule has 1 rings (SSSR count). The molecule has 0 nitrogen and oxygen atoms in total. The van der Waals surface area contributed by atoms with Crippen LogP contribution in [0.1, 0.15) is 59.3 Å². The zero-order valence-corrected chi connectivity index (χ0v) is 15.4. The third-order valence-corrected chi connectivity index (χ3v) is 5.54. The van der Waals surface area contributed by atoms with Gasteiger partial charge in [0.15, 0.2) is 0 Å². The minimum atomic E-state index is 0.619. The molecule has 21 heavy (non-hydrogen) atoms. The topological polar surface area (TPSA) is 0 Å². The van der Waals surface area contributed by atoms with Crippen LogP contribution in [0.4, 0.5) is 0 Å². The average molecular weight is 323 g/mol. The molecule has 0 aromatic heterocycles. The Balaban J connectivity index is 2.31. The van der Waals surface area contributed by atoms with E-state index in [9.17, 15) is 0 Å². The van der Waals surface area contributed by atoms with E-state index >= 15 is 0 Å². The number of benzene rings is 1. The number of unbranched alkanes of at least 4 members (excludes halogenated alkanes) is 5. The number of hydrogen-bond acceptors (Lipinski definition) is 2. The van der Waals surface area contributed by atoms with Gasteiger partial charge in [0, 0.05) is 9.13 Å². The molecule has 0 fully saturated rings. The fraction of sp³-hybridized carbons (Fsp3) is 0.579. The van der Waals surface area contributed by atoms with Gasteiger partial charge >= 0.3 is 0 Å². The van der Waals surface area contributed by atoms with Gasteiger partial charge in [-0.15, -0.1) is 11.8 Å². The van der Waals surface area contributed by atoms with E-state index in [1.165, 1.54) is 53.4 Å². The third-order valence-electron chi connectivity index (χ3n) is 3.17. The lowest BCUT2D eigenvalue weighted by Crippen LogP contribution is -1.86. The van der Waals surface area contributed by atoms with Gasteiger partial charge in [0.1, 0.15) is 0 Å². The summed E-state index contributed by atoms with van der Waals surface area (Å²) in [5.74, 6) is 1.87. The predicted octanol–water partition coefficient (Wildman–Crippen LogP) is 7.37. The summed E-state index contributed by atoms with van der Waals surface area (Å²) >= 11 is 3.95. The Hall–Kier alpha value is -0.340. The van der Waals surface area contributed by atoms with Crippen molar-refractivity contribution in [2.24, 2.45) is 5.92 Å². The van der Waals surface area contributed by atoms with Crippen LogP contribution in [0.2, 0.25) is 0 Å². The van der Waals surface area contributed by atoms with Crippen LogP contribution in [-0.4, -0.2) is 5.75 Å². The van der Waals surface area contributed by atoms with Crippen molar-refractivity contribution in [2.75, 3.05) is 5.75 Å². The average Bonchev–Trinajstić information content (AvgIpc) is 2.46. The van der Waals surface area contributed by atoms with E-state index in [2.05, 4.69) is 57.2 Å². The molecule has 0 aliphatic rings. The number of hydrogen-bond donors (Lipinski definition) is 0. The second-order valence-corrected chi connectivity index (χ2v) is 8.27. The van der Waals surface area contributed by atoms with Gasteiger partial charge in [0.25, 0.3) is 0 Å². The Kier molecular flexibility index (Phi) is 10.9. The molecule has 0 N–H and O–H groups in total. The first-order chi connectivity index (χ1) is 10.2. The van der Waals surface area contributed by atoms with Gasteiger partial charge in [-0.3, -0.25) is 0 Å². The van der Waals surface area contributed by atoms with Crippen LogP contribution in [0.25, 0.3) is 0 Å². The first-order valence-corrected chi connectivity index (χ1v) is 10.1. The van der Waals surface area contributed by atoms with E-state index in [4.69, 9.17) is 0 Å². The van der Waals surface area contributed by atoms with Gasteiger partial charge in [0.2, 0.25) is 0 Å². The SMILES string of the molecule is CCCCCCCCSC(=CC(C)C)Sc1ccccc1. The van der Waals surface area contributed by atoms with Crippen molar-refractivity contribution >= 4 is 23.5 Å². The second kappa shape index (κ2) is 12.2. The quantitative estimate of drug-likeness (QED) is 0.308. The molecular weight excluding hydrogens is 292 g/mol. The van der Waals surface area contributed by atoms with E-state index in [0.717, 1.165) is 0 Å². The molecule has 1 aromatic carbocycles. The van der Waals surface area contributed by atoms with Crippen LogP contribution in [0.3, 0.4) is 0 Å². The first-order valence-electron chi connectivity index (χ1n) is 8.30. The Morgan fingerprint density at radius 3 is 2.33 bits per heavy atom. The highest BCUT2D eigenvalue weighted by Crippen LogP contribution is 2.36. The fourth-order valence-corrected chi connectivity index (χ4v) is 4.60. The molecule has 2 heteroatoms. The summed E-state index contributed by atoms with van der Waals surface area (Å²) in [6, 6.07) is 10.7. The highest BCUT2D eigenvalue weighted by molar-refractivity contribution is 8.22. The maximum absolute atomic E-state index is 2.40. The largest absolute Gasteiger partial charge is 0.119 e. The highest BCUT2D eigenvalue weighted by Gasteiger charge is 2.03. The second-order valence-electron chi connectivity index (χ2n) is 5.76. The summed E-state index contributed by atoms with van der Waals surface area (Å²) in [6.07, 6.45) is 10.7. The van der Waals surface area contributed by atoms with Crippen LogP contribution in [-0.2, 0) is 0 Å². The van der Waals surface area contributed by atoms with Crippen LogP contribution in [0.15, 0.2) is 45.5 Å². The van der Waals surface area contributed by atoms with Crippen LogP contribution in [0.5, 0.6) is 0 Å². The summed E-state index contributed by atoms with van der Waals surface area (Å²) in [4.78, 5) is 1.35. The monoisotopic (exact) mass is 322 g/mol. The summed E-state index contributed by atoms with van der Waals surface area (Å²) in [5.41, 5.74) is 0. The smallest absolute Gasteiger partial charge is 0.0412 e. The lowest BCUT2D eigenvalue weighted by atomic mass is 10.1. The predicted molar refractivity (Wildman–Crippen MR) is 101 cm³/mol. The Morgan fingerprint density at radius 2 is 1.67 bits per heavy atom. The Labute approximate surface area is 140 Å². The fourth-order valence-electron chi connectivity index (χ4n) is 2.04. The van der Waals surface area contributed by atoms with Gasteiger partial charge in [-0.05, 0) is 30.2 Å². The summed E-state index contributed by atoms with van der Waals surface area (Å²) in [5, 5.41) is 0.